The first-order chi connectivity index (χ1) is 14.0. The van der Waals surface area contributed by atoms with Crippen molar-refractivity contribution < 1.29 is 27.4 Å². The molecular weight excluding hydrogens is 393 g/mol. The molecule has 0 fully saturated rings. The summed E-state index contributed by atoms with van der Waals surface area (Å²) in [6.07, 6.45) is -3.43. The molecule has 0 aliphatic carbocycles. The van der Waals surface area contributed by atoms with E-state index in [1.807, 2.05) is 24.3 Å². The van der Waals surface area contributed by atoms with E-state index in [1.165, 1.54) is 17.7 Å². The van der Waals surface area contributed by atoms with Crippen LogP contribution in [0.5, 0.6) is 5.75 Å². The summed E-state index contributed by atoms with van der Waals surface area (Å²) >= 11 is 0. The lowest BCUT2D eigenvalue weighted by atomic mass is 9.88. The van der Waals surface area contributed by atoms with E-state index in [-0.39, 0.29) is 18.6 Å². The summed E-state index contributed by atoms with van der Waals surface area (Å²) in [6.45, 7) is 6.39. The van der Waals surface area contributed by atoms with Crippen molar-refractivity contribution in [1.82, 2.24) is 0 Å². The summed E-state index contributed by atoms with van der Waals surface area (Å²) in [5.74, 6) is 1.49. The van der Waals surface area contributed by atoms with Crippen LogP contribution in [0.25, 0.3) is 11.3 Å². The van der Waals surface area contributed by atoms with Crippen LogP contribution in [0.15, 0.2) is 59.0 Å². The molecule has 1 heterocycles. The molecule has 0 saturated carbocycles. The molecule has 0 atom stereocenters. The SMILES string of the molecule is CC(C)(C)Cc1ccc(OCc2oc(-c3ccc(C(F)(F)F)cc3)cc2CO)cc1. The largest absolute Gasteiger partial charge is 0.486 e. The summed E-state index contributed by atoms with van der Waals surface area (Å²) in [6, 6.07) is 14.1. The minimum absolute atomic E-state index is 0.106. The van der Waals surface area contributed by atoms with Crippen LogP contribution in [0.4, 0.5) is 13.2 Å². The first-order valence-corrected chi connectivity index (χ1v) is 9.67. The van der Waals surface area contributed by atoms with Gasteiger partial charge in [0.15, 0.2) is 0 Å². The Balaban J connectivity index is 1.71. The first-order valence-electron chi connectivity index (χ1n) is 9.67. The summed E-state index contributed by atoms with van der Waals surface area (Å²) in [5.41, 5.74) is 1.72. The molecule has 0 saturated heterocycles. The fraction of sp³-hybridized carbons (Fsp3) is 0.333. The van der Waals surface area contributed by atoms with Gasteiger partial charge in [0.2, 0.25) is 0 Å². The van der Waals surface area contributed by atoms with Crippen molar-refractivity contribution in [3.8, 4) is 17.1 Å². The molecule has 6 heteroatoms. The number of rotatable bonds is 6. The van der Waals surface area contributed by atoms with Crippen LogP contribution in [0.1, 0.15) is 43.2 Å². The second-order valence-electron chi connectivity index (χ2n) is 8.46. The van der Waals surface area contributed by atoms with E-state index in [0.717, 1.165) is 18.6 Å². The number of alkyl halides is 3. The summed E-state index contributed by atoms with van der Waals surface area (Å²) in [5, 5.41) is 9.61. The van der Waals surface area contributed by atoms with Gasteiger partial charge in [-0.05, 0) is 47.7 Å². The number of aliphatic hydroxyl groups is 1. The van der Waals surface area contributed by atoms with E-state index in [0.29, 0.717) is 28.4 Å². The van der Waals surface area contributed by atoms with Gasteiger partial charge < -0.3 is 14.3 Å². The lowest BCUT2D eigenvalue weighted by molar-refractivity contribution is -0.137. The zero-order valence-electron chi connectivity index (χ0n) is 17.2. The molecule has 0 spiro atoms. The van der Waals surface area contributed by atoms with Gasteiger partial charge >= 0.3 is 6.18 Å². The van der Waals surface area contributed by atoms with E-state index in [1.54, 1.807) is 6.07 Å². The highest BCUT2D eigenvalue weighted by Gasteiger charge is 2.30. The molecule has 0 amide bonds. The van der Waals surface area contributed by atoms with Crippen LogP contribution in [-0.4, -0.2) is 5.11 Å². The Hall–Kier alpha value is -2.73. The Morgan fingerprint density at radius 3 is 2.10 bits per heavy atom. The average Bonchev–Trinajstić information content (AvgIpc) is 3.09. The minimum atomic E-state index is -4.39. The number of furan rings is 1. The Bertz CT molecular complexity index is 963. The Kier molecular flexibility index (Phi) is 6.27. The van der Waals surface area contributed by atoms with Gasteiger partial charge in [0.1, 0.15) is 23.9 Å². The maximum Gasteiger partial charge on any atom is 0.416 e. The molecular formula is C24H25F3O3. The van der Waals surface area contributed by atoms with Gasteiger partial charge in [0.25, 0.3) is 0 Å². The molecule has 0 aliphatic rings. The van der Waals surface area contributed by atoms with E-state index in [4.69, 9.17) is 9.15 Å². The van der Waals surface area contributed by atoms with Gasteiger partial charge in [0, 0.05) is 11.1 Å². The first kappa shape index (κ1) is 22.0. The number of benzene rings is 2. The van der Waals surface area contributed by atoms with Crippen molar-refractivity contribution >= 4 is 0 Å². The average molecular weight is 418 g/mol. The zero-order chi connectivity index (χ0) is 21.9. The van der Waals surface area contributed by atoms with Crippen molar-refractivity contribution in [2.24, 2.45) is 5.41 Å². The van der Waals surface area contributed by atoms with Crippen LogP contribution in [0, 0.1) is 5.41 Å². The summed E-state index contributed by atoms with van der Waals surface area (Å²) in [7, 11) is 0. The molecule has 0 bridgehead atoms. The third-order valence-corrected chi connectivity index (χ3v) is 4.59. The van der Waals surface area contributed by atoms with Gasteiger partial charge in [-0.3, -0.25) is 0 Å². The van der Waals surface area contributed by atoms with E-state index in [2.05, 4.69) is 20.8 Å². The summed E-state index contributed by atoms with van der Waals surface area (Å²) in [4.78, 5) is 0. The smallest absolute Gasteiger partial charge is 0.416 e. The maximum absolute atomic E-state index is 12.7. The number of aliphatic hydroxyl groups excluding tert-OH is 1. The standard InChI is InChI=1S/C24H25F3O3/c1-23(2,3)13-16-4-10-20(11-5-16)29-15-22-18(14-28)12-21(30-22)17-6-8-19(9-7-17)24(25,26)27/h4-12,28H,13-15H2,1-3H3. The monoisotopic (exact) mass is 418 g/mol. The van der Waals surface area contributed by atoms with Crippen molar-refractivity contribution in [2.75, 3.05) is 0 Å². The van der Waals surface area contributed by atoms with Gasteiger partial charge in [-0.1, -0.05) is 45.0 Å². The molecule has 30 heavy (non-hydrogen) atoms. The van der Waals surface area contributed by atoms with Gasteiger partial charge in [-0.15, -0.1) is 0 Å². The number of hydrogen-bond donors (Lipinski definition) is 1. The van der Waals surface area contributed by atoms with Crippen LogP contribution in [0.2, 0.25) is 0 Å². The van der Waals surface area contributed by atoms with Crippen molar-refractivity contribution in [1.29, 1.82) is 0 Å². The van der Waals surface area contributed by atoms with Crippen LogP contribution >= 0.6 is 0 Å². The second-order valence-corrected chi connectivity index (χ2v) is 8.46. The fourth-order valence-corrected chi connectivity index (χ4v) is 3.15. The molecule has 2 aromatic carbocycles. The maximum atomic E-state index is 12.7. The minimum Gasteiger partial charge on any atom is -0.486 e. The molecule has 160 valence electrons. The quantitative estimate of drug-likeness (QED) is 0.489. The topological polar surface area (TPSA) is 42.6 Å². The highest BCUT2D eigenvalue weighted by atomic mass is 19.4. The van der Waals surface area contributed by atoms with E-state index in [9.17, 15) is 18.3 Å². The normalized spacial score (nSPS) is 12.2. The molecule has 1 N–H and O–H groups in total. The van der Waals surface area contributed by atoms with Gasteiger partial charge in [-0.25, -0.2) is 0 Å². The number of halogens is 3. The Labute approximate surface area is 174 Å². The number of ether oxygens (including phenoxy) is 1. The van der Waals surface area contributed by atoms with Crippen molar-refractivity contribution in [3.05, 3.63) is 77.0 Å². The number of hydrogen-bond acceptors (Lipinski definition) is 3. The molecule has 3 rings (SSSR count). The highest BCUT2D eigenvalue weighted by Crippen LogP contribution is 2.32. The Morgan fingerprint density at radius 1 is 0.933 bits per heavy atom. The van der Waals surface area contributed by atoms with Crippen LogP contribution in [-0.2, 0) is 25.8 Å². The highest BCUT2D eigenvalue weighted by molar-refractivity contribution is 5.59. The Morgan fingerprint density at radius 2 is 1.57 bits per heavy atom. The van der Waals surface area contributed by atoms with Crippen molar-refractivity contribution in [3.63, 3.8) is 0 Å². The lowest BCUT2D eigenvalue weighted by Crippen LogP contribution is -2.08. The molecule has 1 aromatic heterocycles. The molecule has 0 unspecified atom stereocenters. The predicted octanol–water partition coefficient (Wildman–Crippen LogP) is 6.63. The zero-order valence-corrected chi connectivity index (χ0v) is 17.2. The van der Waals surface area contributed by atoms with E-state index >= 15 is 0 Å². The third kappa shape index (κ3) is 5.66. The van der Waals surface area contributed by atoms with Crippen LogP contribution < -0.4 is 4.74 Å². The lowest BCUT2D eigenvalue weighted by Gasteiger charge is -2.18. The van der Waals surface area contributed by atoms with Crippen molar-refractivity contribution in [2.45, 2.75) is 46.6 Å². The van der Waals surface area contributed by atoms with E-state index < -0.39 is 11.7 Å². The van der Waals surface area contributed by atoms with Crippen LogP contribution in [0.3, 0.4) is 0 Å². The second kappa shape index (κ2) is 8.56. The molecule has 3 aromatic rings. The predicted molar refractivity (Wildman–Crippen MR) is 109 cm³/mol. The molecule has 0 radical (unpaired) electrons. The fourth-order valence-electron chi connectivity index (χ4n) is 3.15. The molecule has 0 aliphatic heterocycles. The van der Waals surface area contributed by atoms with Gasteiger partial charge in [-0.2, -0.15) is 13.2 Å². The summed E-state index contributed by atoms with van der Waals surface area (Å²) < 4.78 is 49.8. The van der Waals surface area contributed by atoms with Gasteiger partial charge in [0.05, 0.1) is 12.2 Å². The molecule has 3 nitrogen and oxygen atoms in total. The third-order valence-electron chi connectivity index (χ3n) is 4.59.